The van der Waals surface area contributed by atoms with E-state index in [0.717, 1.165) is 24.7 Å². The summed E-state index contributed by atoms with van der Waals surface area (Å²) in [5.74, 6) is 0. The molecule has 1 aromatic rings. The van der Waals surface area contributed by atoms with Crippen LogP contribution in [0, 0.1) is 0 Å². The molecule has 0 unspecified atom stereocenters. The first-order chi connectivity index (χ1) is 6.36. The van der Waals surface area contributed by atoms with Crippen molar-refractivity contribution in [2.24, 2.45) is 4.99 Å². The minimum atomic E-state index is 0.00678. The standard InChI is InChI=1S/C11H9NO/c13-7-10-8-3-1-2-4-9(8)11(12-10)5-6-11/h1-4,7H,5-6H2. The highest BCUT2D eigenvalue weighted by molar-refractivity contribution is 6.38. The number of carbonyl (C=O) groups excluding carboxylic acids is 1. The maximum absolute atomic E-state index is 10.8. The number of nitrogens with zero attached hydrogens (tertiary/aromatic N) is 1. The Morgan fingerprint density at radius 2 is 2.08 bits per heavy atom. The Morgan fingerprint density at radius 3 is 2.77 bits per heavy atom. The van der Waals surface area contributed by atoms with Crippen molar-refractivity contribution >= 4 is 12.0 Å². The quantitative estimate of drug-likeness (QED) is 0.591. The number of rotatable bonds is 1. The largest absolute Gasteiger partial charge is 0.296 e. The maximum atomic E-state index is 10.8. The van der Waals surface area contributed by atoms with E-state index in [4.69, 9.17) is 0 Å². The fraction of sp³-hybridized carbons (Fsp3) is 0.273. The first-order valence-corrected chi connectivity index (χ1v) is 4.51. The highest BCUT2D eigenvalue weighted by Crippen LogP contribution is 2.53. The Bertz CT molecular complexity index is 416. The van der Waals surface area contributed by atoms with Gasteiger partial charge in [0.15, 0.2) is 6.29 Å². The van der Waals surface area contributed by atoms with E-state index in [2.05, 4.69) is 11.1 Å². The van der Waals surface area contributed by atoms with Gasteiger partial charge in [0.05, 0.1) is 5.54 Å². The van der Waals surface area contributed by atoms with Crippen LogP contribution in [0.5, 0.6) is 0 Å². The summed E-state index contributed by atoms with van der Waals surface area (Å²) in [5.41, 5.74) is 2.92. The van der Waals surface area contributed by atoms with Crippen LogP contribution in [0.15, 0.2) is 29.3 Å². The zero-order valence-electron chi connectivity index (χ0n) is 7.16. The average molecular weight is 171 g/mol. The molecule has 0 bridgehead atoms. The van der Waals surface area contributed by atoms with Crippen LogP contribution in [0.25, 0.3) is 0 Å². The molecule has 0 N–H and O–H groups in total. The van der Waals surface area contributed by atoms with Crippen LogP contribution >= 0.6 is 0 Å². The summed E-state index contributed by atoms with van der Waals surface area (Å²) < 4.78 is 0. The van der Waals surface area contributed by atoms with Crippen LogP contribution < -0.4 is 0 Å². The van der Waals surface area contributed by atoms with E-state index in [1.807, 2.05) is 18.2 Å². The van der Waals surface area contributed by atoms with Gasteiger partial charge >= 0.3 is 0 Å². The molecule has 0 radical (unpaired) electrons. The first kappa shape index (κ1) is 7.01. The lowest BCUT2D eigenvalue weighted by Gasteiger charge is -2.03. The molecule has 1 fully saturated rings. The first-order valence-electron chi connectivity index (χ1n) is 4.51. The smallest absolute Gasteiger partial charge is 0.168 e. The van der Waals surface area contributed by atoms with Gasteiger partial charge in [-0.2, -0.15) is 0 Å². The van der Waals surface area contributed by atoms with E-state index in [1.165, 1.54) is 5.56 Å². The summed E-state index contributed by atoms with van der Waals surface area (Å²) in [6.07, 6.45) is 3.06. The van der Waals surface area contributed by atoms with Gasteiger partial charge in [0.1, 0.15) is 5.71 Å². The molecule has 0 amide bonds. The second kappa shape index (κ2) is 2.08. The number of carbonyl (C=O) groups is 1. The molecular weight excluding hydrogens is 162 g/mol. The summed E-state index contributed by atoms with van der Waals surface area (Å²) in [5, 5.41) is 0. The minimum absolute atomic E-state index is 0.00678. The second-order valence-corrected chi connectivity index (χ2v) is 3.69. The summed E-state index contributed by atoms with van der Waals surface area (Å²) >= 11 is 0. The Balaban J connectivity index is 2.27. The van der Waals surface area contributed by atoms with E-state index >= 15 is 0 Å². The van der Waals surface area contributed by atoms with Crippen LogP contribution in [-0.2, 0) is 10.3 Å². The van der Waals surface area contributed by atoms with Crippen LogP contribution in [0.4, 0.5) is 0 Å². The van der Waals surface area contributed by atoms with Gasteiger partial charge in [0.2, 0.25) is 0 Å². The predicted octanol–water partition coefficient (Wildman–Crippen LogP) is 1.68. The highest BCUT2D eigenvalue weighted by Gasteiger charge is 2.49. The molecule has 2 heteroatoms. The van der Waals surface area contributed by atoms with Crippen LogP contribution in [0.3, 0.4) is 0 Å². The molecule has 1 aliphatic carbocycles. The van der Waals surface area contributed by atoms with Gasteiger partial charge in [0.25, 0.3) is 0 Å². The molecule has 1 aromatic carbocycles. The van der Waals surface area contributed by atoms with Gasteiger partial charge in [-0.25, -0.2) is 0 Å². The van der Waals surface area contributed by atoms with E-state index in [0.29, 0.717) is 5.71 Å². The summed E-state index contributed by atoms with van der Waals surface area (Å²) in [4.78, 5) is 15.2. The SMILES string of the molecule is O=CC1=NC2(CC2)c2ccccc21. The zero-order chi connectivity index (χ0) is 8.89. The van der Waals surface area contributed by atoms with E-state index in [1.54, 1.807) is 0 Å². The maximum Gasteiger partial charge on any atom is 0.168 e. The average Bonchev–Trinajstić information content (AvgIpc) is 2.87. The number of aliphatic imine (C=N–C) groups is 1. The molecule has 0 saturated heterocycles. The Hall–Kier alpha value is -1.44. The van der Waals surface area contributed by atoms with Crippen molar-refractivity contribution in [1.82, 2.24) is 0 Å². The fourth-order valence-electron chi connectivity index (χ4n) is 2.05. The Labute approximate surface area is 76.3 Å². The van der Waals surface area contributed by atoms with Gasteiger partial charge in [-0.05, 0) is 18.4 Å². The lowest BCUT2D eigenvalue weighted by molar-refractivity contribution is -0.102. The van der Waals surface area contributed by atoms with Crippen LogP contribution in [0.2, 0.25) is 0 Å². The minimum Gasteiger partial charge on any atom is -0.296 e. The van der Waals surface area contributed by atoms with Crippen LogP contribution in [0.1, 0.15) is 24.0 Å². The monoisotopic (exact) mass is 171 g/mol. The van der Waals surface area contributed by atoms with E-state index < -0.39 is 0 Å². The number of aldehydes is 1. The number of hydrogen-bond acceptors (Lipinski definition) is 2. The predicted molar refractivity (Wildman–Crippen MR) is 50.0 cm³/mol. The number of benzene rings is 1. The lowest BCUT2D eigenvalue weighted by atomic mass is 10.0. The molecule has 1 spiro atoms. The second-order valence-electron chi connectivity index (χ2n) is 3.69. The van der Waals surface area contributed by atoms with Gasteiger partial charge in [-0.3, -0.25) is 9.79 Å². The molecule has 1 heterocycles. The van der Waals surface area contributed by atoms with Crippen molar-refractivity contribution in [3.63, 3.8) is 0 Å². The van der Waals surface area contributed by atoms with Gasteiger partial charge < -0.3 is 0 Å². The fourth-order valence-corrected chi connectivity index (χ4v) is 2.05. The van der Waals surface area contributed by atoms with Crippen molar-refractivity contribution < 1.29 is 4.79 Å². The van der Waals surface area contributed by atoms with Crippen LogP contribution in [-0.4, -0.2) is 12.0 Å². The molecular formula is C11H9NO. The lowest BCUT2D eigenvalue weighted by Crippen LogP contribution is -1.99. The third-order valence-electron chi connectivity index (χ3n) is 2.87. The highest BCUT2D eigenvalue weighted by atomic mass is 16.1. The van der Waals surface area contributed by atoms with Crippen molar-refractivity contribution in [2.75, 3.05) is 0 Å². The van der Waals surface area contributed by atoms with Crippen molar-refractivity contribution in [3.8, 4) is 0 Å². The van der Waals surface area contributed by atoms with E-state index in [9.17, 15) is 4.79 Å². The zero-order valence-corrected chi connectivity index (χ0v) is 7.16. The third kappa shape index (κ3) is 0.777. The topological polar surface area (TPSA) is 29.4 Å². The number of fused-ring (bicyclic) bond motifs is 2. The van der Waals surface area contributed by atoms with Crippen molar-refractivity contribution in [2.45, 2.75) is 18.4 Å². The van der Waals surface area contributed by atoms with E-state index in [-0.39, 0.29) is 5.54 Å². The summed E-state index contributed by atoms with van der Waals surface area (Å²) in [7, 11) is 0. The van der Waals surface area contributed by atoms with Gasteiger partial charge in [-0.1, -0.05) is 24.3 Å². The molecule has 0 atom stereocenters. The molecule has 64 valence electrons. The number of hydrogen-bond donors (Lipinski definition) is 0. The van der Waals surface area contributed by atoms with Gasteiger partial charge in [0, 0.05) is 5.56 Å². The van der Waals surface area contributed by atoms with Gasteiger partial charge in [-0.15, -0.1) is 0 Å². The Morgan fingerprint density at radius 1 is 1.31 bits per heavy atom. The van der Waals surface area contributed by atoms with Crippen molar-refractivity contribution in [3.05, 3.63) is 35.4 Å². The normalized spacial score (nSPS) is 21.1. The molecule has 1 saturated carbocycles. The molecule has 2 aliphatic rings. The molecule has 0 aromatic heterocycles. The van der Waals surface area contributed by atoms with Crippen molar-refractivity contribution in [1.29, 1.82) is 0 Å². The third-order valence-corrected chi connectivity index (χ3v) is 2.87. The summed E-state index contributed by atoms with van der Waals surface area (Å²) in [6, 6.07) is 8.04. The molecule has 3 rings (SSSR count). The summed E-state index contributed by atoms with van der Waals surface area (Å²) in [6.45, 7) is 0. The molecule has 2 nitrogen and oxygen atoms in total. The molecule has 1 aliphatic heterocycles. The molecule has 13 heavy (non-hydrogen) atoms. The Kier molecular flexibility index (Phi) is 1.12.